The summed E-state index contributed by atoms with van der Waals surface area (Å²) in [5.41, 5.74) is 0.388. The van der Waals surface area contributed by atoms with E-state index in [9.17, 15) is 14.9 Å². The average Bonchev–Trinajstić information content (AvgIpc) is 3.56. The number of carbonyl (C=O) groups is 2. The topological polar surface area (TPSA) is 127 Å². The number of rotatable bonds is 7. The summed E-state index contributed by atoms with van der Waals surface area (Å²) >= 11 is 2.50. The van der Waals surface area contributed by atoms with Gasteiger partial charge in [-0.3, -0.25) is 10.1 Å². The van der Waals surface area contributed by atoms with E-state index in [2.05, 4.69) is 15.5 Å². The highest BCUT2D eigenvalue weighted by atomic mass is 32.1. The van der Waals surface area contributed by atoms with Crippen molar-refractivity contribution in [2.75, 3.05) is 43.6 Å². The molecule has 0 spiro atoms. The van der Waals surface area contributed by atoms with Crippen molar-refractivity contribution in [3.63, 3.8) is 0 Å². The van der Waals surface area contributed by atoms with E-state index < -0.39 is 11.9 Å². The molecule has 0 unspecified atom stereocenters. The summed E-state index contributed by atoms with van der Waals surface area (Å²) in [5.74, 6) is -0.595. The van der Waals surface area contributed by atoms with Crippen molar-refractivity contribution in [2.24, 2.45) is 0 Å². The van der Waals surface area contributed by atoms with Crippen LogP contribution in [0.15, 0.2) is 41.3 Å². The molecule has 4 rings (SSSR count). The van der Waals surface area contributed by atoms with E-state index in [1.54, 1.807) is 35.7 Å². The predicted octanol–water partition coefficient (Wildman–Crippen LogP) is 3.21. The van der Waals surface area contributed by atoms with Gasteiger partial charge < -0.3 is 19.1 Å². The van der Waals surface area contributed by atoms with Crippen LogP contribution >= 0.6 is 22.7 Å². The number of thiophene rings is 1. The number of methoxy groups -OCH3 is 1. The van der Waals surface area contributed by atoms with E-state index in [0.29, 0.717) is 47.0 Å². The van der Waals surface area contributed by atoms with Gasteiger partial charge in [-0.1, -0.05) is 23.5 Å². The molecule has 0 aliphatic carbocycles. The maximum Gasteiger partial charge on any atom is 0.353 e. The lowest BCUT2D eigenvalue weighted by Crippen LogP contribution is -2.36. The second-order valence-corrected chi connectivity index (χ2v) is 8.79. The number of morpholine rings is 1. The number of hydrogen-bond donors (Lipinski definition) is 1. The first-order valence-corrected chi connectivity index (χ1v) is 11.8. The SMILES string of the molecule is COc1cc(/C=C(/C#N)C(=O)Nc2nnc(N3CCOCC3)s2)ccc1OC(=O)c1cccs1. The Morgan fingerprint density at radius 2 is 2.06 bits per heavy atom. The molecule has 1 aliphatic rings. The molecule has 34 heavy (non-hydrogen) atoms. The van der Waals surface area contributed by atoms with Gasteiger partial charge in [0, 0.05) is 13.1 Å². The van der Waals surface area contributed by atoms with Gasteiger partial charge in [-0.25, -0.2) is 4.79 Å². The van der Waals surface area contributed by atoms with E-state index in [0.717, 1.165) is 0 Å². The van der Waals surface area contributed by atoms with Crippen LogP contribution in [-0.2, 0) is 9.53 Å². The summed E-state index contributed by atoms with van der Waals surface area (Å²) in [7, 11) is 1.44. The number of esters is 1. The van der Waals surface area contributed by atoms with Crippen LogP contribution < -0.4 is 19.7 Å². The van der Waals surface area contributed by atoms with Crippen LogP contribution in [0.2, 0.25) is 0 Å². The van der Waals surface area contributed by atoms with Crippen LogP contribution in [0.5, 0.6) is 11.5 Å². The smallest absolute Gasteiger partial charge is 0.353 e. The molecular formula is C22H19N5O5S2. The maximum absolute atomic E-state index is 12.6. The highest BCUT2D eigenvalue weighted by Crippen LogP contribution is 2.30. The van der Waals surface area contributed by atoms with Gasteiger partial charge in [0.05, 0.1) is 20.3 Å². The van der Waals surface area contributed by atoms with Crippen LogP contribution in [-0.4, -0.2) is 55.5 Å². The number of nitriles is 1. The Kier molecular flexibility index (Phi) is 7.48. The first-order chi connectivity index (χ1) is 16.6. The normalized spacial score (nSPS) is 13.8. The van der Waals surface area contributed by atoms with Gasteiger partial charge in [0.2, 0.25) is 10.3 Å². The minimum absolute atomic E-state index is 0.131. The fourth-order valence-corrected chi connectivity index (χ4v) is 4.42. The Morgan fingerprint density at radius 1 is 1.24 bits per heavy atom. The van der Waals surface area contributed by atoms with Crippen LogP contribution in [0.3, 0.4) is 0 Å². The van der Waals surface area contributed by atoms with Crippen LogP contribution in [0.1, 0.15) is 15.2 Å². The molecular weight excluding hydrogens is 478 g/mol. The number of aromatic nitrogens is 2. The minimum atomic E-state index is -0.612. The van der Waals surface area contributed by atoms with Crippen molar-refractivity contribution >= 4 is 50.9 Å². The predicted molar refractivity (Wildman–Crippen MR) is 127 cm³/mol. The molecule has 1 amide bonds. The maximum atomic E-state index is 12.6. The van der Waals surface area contributed by atoms with Gasteiger partial charge in [-0.05, 0) is 35.2 Å². The lowest BCUT2D eigenvalue weighted by atomic mass is 10.1. The largest absolute Gasteiger partial charge is 0.493 e. The van der Waals surface area contributed by atoms with Crippen molar-refractivity contribution in [3.8, 4) is 17.6 Å². The Hall–Kier alpha value is -3.79. The summed E-state index contributed by atoms with van der Waals surface area (Å²) in [6.45, 7) is 2.62. The highest BCUT2D eigenvalue weighted by Gasteiger charge is 2.19. The van der Waals surface area contributed by atoms with Gasteiger partial charge in [0.1, 0.15) is 16.5 Å². The molecule has 1 fully saturated rings. The van der Waals surface area contributed by atoms with Crippen LogP contribution in [0, 0.1) is 11.3 Å². The Bertz CT molecular complexity index is 1240. The summed E-state index contributed by atoms with van der Waals surface area (Å²) in [5, 5.41) is 23.0. The molecule has 0 radical (unpaired) electrons. The molecule has 12 heteroatoms. The quantitative estimate of drug-likeness (QED) is 0.227. The third-order valence-electron chi connectivity index (χ3n) is 4.71. The van der Waals surface area contributed by atoms with Crippen LogP contribution in [0.4, 0.5) is 10.3 Å². The van der Waals surface area contributed by atoms with Crippen molar-refractivity contribution in [2.45, 2.75) is 0 Å². The zero-order chi connectivity index (χ0) is 23.9. The Morgan fingerprint density at radius 3 is 2.76 bits per heavy atom. The number of benzene rings is 1. The molecule has 10 nitrogen and oxygen atoms in total. The molecule has 2 aromatic heterocycles. The molecule has 0 saturated carbocycles. The zero-order valence-corrected chi connectivity index (χ0v) is 19.6. The molecule has 1 aliphatic heterocycles. The molecule has 1 aromatic carbocycles. The third kappa shape index (κ3) is 5.57. The number of ether oxygens (including phenoxy) is 3. The van der Waals surface area contributed by atoms with Crippen molar-refractivity contribution in [1.82, 2.24) is 10.2 Å². The molecule has 174 valence electrons. The monoisotopic (exact) mass is 497 g/mol. The van der Waals surface area contributed by atoms with Gasteiger partial charge in [0.15, 0.2) is 11.5 Å². The van der Waals surface area contributed by atoms with Crippen LogP contribution in [0.25, 0.3) is 6.08 Å². The molecule has 0 bridgehead atoms. The fourth-order valence-electron chi connectivity index (χ4n) is 3.03. The third-order valence-corrected chi connectivity index (χ3v) is 6.45. The average molecular weight is 498 g/mol. The van der Waals surface area contributed by atoms with E-state index in [1.165, 1.54) is 35.9 Å². The first kappa shape index (κ1) is 23.4. The van der Waals surface area contributed by atoms with Gasteiger partial charge in [-0.15, -0.1) is 21.5 Å². The summed E-state index contributed by atoms with van der Waals surface area (Å²) in [6.07, 6.45) is 1.41. The number of anilines is 2. The molecule has 0 atom stereocenters. The molecule has 3 aromatic rings. The van der Waals surface area contributed by atoms with Gasteiger partial charge in [-0.2, -0.15) is 5.26 Å². The molecule has 1 N–H and O–H groups in total. The number of hydrogen-bond acceptors (Lipinski definition) is 11. The number of amides is 1. The molecule has 1 saturated heterocycles. The van der Waals surface area contributed by atoms with Gasteiger partial charge >= 0.3 is 5.97 Å². The lowest BCUT2D eigenvalue weighted by Gasteiger charge is -2.25. The summed E-state index contributed by atoms with van der Waals surface area (Å²) in [4.78, 5) is 27.3. The second kappa shape index (κ2) is 10.9. The van der Waals surface area contributed by atoms with Crippen molar-refractivity contribution in [3.05, 3.63) is 51.7 Å². The first-order valence-electron chi connectivity index (χ1n) is 10.1. The van der Waals surface area contributed by atoms with Gasteiger partial charge in [0.25, 0.3) is 5.91 Å². The summed E-state index contributed by atoms with van der Waals surface area (Å²) in [6, 6.07) is 10.0. The standard InChI is InChI=1S/C22H19N5O5S2/c1-30-17-12-14(4-5-16(17)32-20(29)18-3-2-10-33-18)11-15(13-23)19(28)24-21-25-26-22(34-21)27-6-8-31-9-7-27/h2-5,10-12H,6-9H2,1H3,(H,24,25,28)/b15-11-. The van der Waals surface area contributed by atoms with E-state index in [1.807, 2.05) is 11.0 Å². The fraction of sp³-hybridized carbons (Fsp3) is 0.227. The van der Waals surface area contributed by atoms with E-state index in [4.69, 9.17) is 14.2 Å². The zero-order valence-electron chi connectivity index (χ0n) is 18.0. The highest BCUT2D eigenvalue weighted by molar-refractivity contribution is 7.19. The van der Waals surface area contributed by atoms with E-state index in [-0.39, 0.29) is 17.1 Å². The lowest BCUT2D eigenvalue weighted by molar-refractivity contribution is -0.112. The van der Waals surface area contributed by atoms with Crippen molar-refractivity contribution in [1.29, 1.82) is 5.26 Å². The van der Waals surface area contributed by atoms with Crippen molar-refractivity contribution < 1.29 is 23.8 Å². The minimum Gasteiger partial charge on any atom is -0.493 e. The number of nitrogens with one attached hydrogen (secondary N) is 1. The Balaban J connectivity index is 1.46. The number of nitrogens with zero attached hydrogens (tertiary/aromatic N) is 4. The second-order valence-electron chi connectivity index (χ2n) is 6.89. The molecule has 3 heterocycles. The van der Waals surface area contributed by atoms with E-state index >= 15 is 0 Å². The number of carbonyl (C=O) groups excluding carboxylic acids is 2. The summed E-state index contributed by atoms with van der Waals surface area (Å²) < 4.78 is 16.0. The Labute approximate surface area is 203 Å².